The summed E-state index contributed by atoms with van der Waals surface area (Å²) in [4.78, 5) is 25.0. The van der Waals surface area contributed by atoms with Gasteiger partial charge in [-0.15, -0.1) is 0 Å². The molecule has 0 saturated carbocycles. The summed E-state index contributed by atoms with van der Waals surface area (Å²) in [6.45, 7) is 6.50. The zero-order chi connectivity index (χ0) is 20.1. The van der Waals surface area contributed by atoms with Gasteiger partial charge in [-0.05, 0) is 67.8 Å². The molecule has 0 heterocycles. The van der Waals surface area contributed by atoms with Gasteiger partial charge in [0.25, 0.3) is 11.8 Å². The van der Waals surface area contributed by atoms with Gasteiger partial charge in [0.1, 0.15) is 0 Å². The van der Waals surface area contributed by atoms with Crippen molar-refractivity contribution in [3.63, 3.8) is 0 Å². The molecule has 4 nitrogen and oxygen atoms in total. The van der Waals surface area contributed by atoms with Crippen LogP contribution in [0.1, 0.15) is 43.0 Å². The second-order valence-electron chi connectivity index (χ2n) is 7.00. The standard InChI is InChI=1S/C24H24N2O2/c1-16-7-10-19(11-8-16)15-25-23(27)20-5-4-6-21(14-20)24(28)26-22-12-9-17(2)18(3)13-22/h4-14H,15H2,1-3H3,(H,25,27)(H,26,28). The van der Waals surface area contributed by atoms with Crippen molar-refractivity contribution < 1.29 is 9.59 Å². The molecule has 28 heavy (non-hydrogen) atoms. The third-order valence-corrected chi connectivity index (χ3v) is 4.73. The first kappa shape index (κ1) is 19.4. The van der Waals surface area contributed by atoms with Crippen LogP contribution in [-0.2, 0) is 6.54 Å². The van der Waals surface area contributed by atoms with Crippen molar-refractivity contribution in [2.45, 2.75) is 27.3 Å². The first-order valence-corrected chi connectivity index (χ1v) is 9.25. The van der Waals surface area contributed by atoms with E-state index in [9.17, 15) is 9.59 Å². The Hall–Kier alpha value is -3.40. The minimum atomic E-state index is -0.239. The van der Waals surface area contributed by atoms with E-state index in [4.69, 9.17) is 0 Å². The molecule has 0 spiro atoms. The lowest BCUT2D eigenvalue weighted by Crippen LogP contribution is -2.23. The van der Waals surface area contributed by atoms with Gasteiger partial charge in [-0.1, -0.05) is 42.0 Å². The molecule has 0 aromatic heterocycles. The smallest absolute Gasteiger partial charge is 0.255 e. The lowest BCUT2D eigenvalue weighted by Gasteiger charge is -2.09. The monoisotopic (exact) mass is 372 g/mol. The van der Waals surface area contributed by atoms with Crippen LogP contribution in [0.4, 0.5) is 5.69 Å². The zero-order valence-corrected chi connectivity index (χ0v) is 16.4. The van der Waals surface area contributed by atoms with Crippen LogP contribution >= 0.6 is 0 Å². The summed E-state index contributed by atoms with van der Waals surface area (Å²) >= 11 is 0. The van der Waals surface area contributed by atoms with E-state index in [1.807, 2.05) is 63.2 Å². The van der Waals surface area contributed by atoms with Gasteiger partial charge in [0.05, 0.1) is 0 Å². The molecule has 0 atom stereocenters. The Kier molecular flexibility index (Phi) is 5.90. The fraction of sp³-hybridized carbons (Fsp3) is 0.167. The number of hydrogen-bond acceptors (Lipinski definition) is 2. The van der Waals surface area contributed by atoms with E-state index in [0.29, 0.717) is 17.7 Å². The molecule has 0 aliphatic rings. The number of aryl methyl sites for hydroxylation is 3. The van der Waals surface area contributed by atoms with Gasteiger partial charge in [0.15, 0.2) is 0 Å². The van der Waals surface area contributed by atoms with Crippen LogP contribution in [0.2, 0.25) is 0 Å². The van der Waals surface area contributed by atoms with Crippen molar-refractivity contribution in [3.8, 4) is 0 Å². The molecule has 0 aliphatic heterocycles. The molecular formula is C24H24N2O2. The Bertz CT molecular complexity index is 1010. The molecule has 0 aliphatic carbocycles. The first-order chi connectivity index (χ1) is 13.4. The predicted molar refractivity (Wildman–Crippen MR) is 113 cm³/mol. The number of nitrogens with one attached hydrogen (secondary N) is 2. The second-order valence-corrected chi connectivity index (χ2v) is 7.00. The van der Waals surface area contributed by atoms with Crippen molar-refractivity contribution in [2.75, 3.05) is 5.32 Å². The van der Waals surface area contributed by atoms with Crippen LogP contribution in [0.3, 0.4) is 0 Å². The van der Waals surface area contributed by atoms with Crippen LogP contribution in [0, 0.1) is 20.8 Å². The highest BCUT2D eigenvalue weighted by molar-refractivity contribution is 6.06. The molecule has 0 saturated heterocycles. The predicted octanol–water partition coefficient (Wildman–Crippen LogP) is 4.79. The Morgan fingerprint density at radius 1 is 0.750 bits per heavy atom. The van der Waals surface area contributed by atoms with Crippen LogP contribution in [-0.4, -0.2) is 11.8 Å². The van der Waals surface area contributed by atoms with Crippen molar-refractivity contribution in [1.82, 2.24) is 5.32 Å². The average molecular weight is 372 g/mol. The van der Waals surface area contributed by atoms with Gasteiger partial charge in [-0.2, -0.15) is 0 Å². The number of hydrogen-bond donors (Lipinski definition) is 2. The number of anilines is 1. The van der Waals surface area contributed by atoms with E-state index in [0.717, 1.165) is 16.8 Å². The number of carbonyl (C=O) groups excluding carboxylic acids is 2. The average Bonchev–Trinajstić information content (AvgIpc) is 2.70. The highest BCUT2D eigenvalue weighted by atomic mass is 16.2. The van der Waals surface area contributed by atoms with E-state index < -0.39 is 0 Å². The van der Waals surface area contributed by atoms with Crippen molar-refractivity contribution >= 4 is 17.5 Å². The van der Waals surface area contributed by atoms with Crippen molar-refractivity contribution in [2.24, 2.45) is 0 Å². The third kappa shape index (κ3) is 4.86. The number of carbonyl (C=O) groups is 2. The lowest BCUT2D eigenvalue weighted by molar-refractivity contribution is 0.0951. The van der Waals surface area contributed by atoms with E-state index >= 15 is 0 Å². The van der Waals surface area contributed by atoms with Crippen LogP contribution in [0.25, 0.3) is 0 Å². The highest BCUT2D eigenvalue weighted by Gasteiger charge is 2.11. The zero-order valence-electron chi connectivity index (χ0n) is 16.4. The largest absolute Gasteiger partial charge is 0.348 e. The van der Waals surface area contributed by atoms with Gasteiger partial charge in [0, 0.05) is 23.4 Å². The third-order valence-electron chi connectivity index (χ3n) is 4.73. The molecule has 3 rings (SSSR count). The number of rotatable bonds is 5. The maximum atomic E-state index is 12.6. The van der Waals surface area contributed by atoms with E-state index in [1.54, 1.807) is 24.3 Å². The summed E-state index contributed by atoms with van der Waals surface area (Å²) < 4.78 is 0. The Morgan fingerprint density at radius 2 is 1.43 bits per heavy atom. The minimum absolute atomic E-state index is 0.207. The second kappa shape index (κ2) is 8.53. The number of amides is 2. The SMILES string of the molecule is Cc1ccc(CNC(=O)c2cccc(C(=O)Nc3ccc(C)c(C)c3)c2)cc1. The molecule has 3 aromatic rings. The molecule has 2 amide bonds. The van der Waals surface area contributed by atoms with Gasteiger partial charge < -0.3 is 10.6 Å². The molecule has 4 heteroatoms. The molecule has 0 unspecified atom stereocenters. The Labute approximate surface area is 165 Å². The summed E-state index contributed by atoms with van der Waals surface area (Å²) in [7, 11) is 0. The van der Waals surface area contributed by atoms with E-state index in [-0.39, 0.29) is 11.8 Å². The minimum Gasteiger partial charge on any atom is -0.348 e. The fourth-order valence-electron chi connectivity index (χ4n) is 2.81. The van der Waals surface area contributed by atoms with Crippen molar-refractivity contribution in [3.05, 3.63) is 100 Å². The number of benzene rings is 3. The summed E-state index contributed by atoms with van der Waals surface area (Å²) in [5, 5.41) is 5.78. The quantitative estimate of drug-likeness (QED) is 0.676. The maximum absolute atomic E-state index is 12.6. The molecule has 142 valence electrons. The Morgan fingerprint density at radius 3 is 2.11 bits per heavy atom. The molecule has 0 fully saturated rings. The summed E-state index contributed by atoms with van der Waals surface area (Å²) in [6, 6.07) is 20.5. The summed E-state index contributed by atoms with van der Waals surface area (Å²) in [5.41, 5.74) is 6.14. The van der Waals surface area contributed by atoms with Crippen molar-refractivity contribution in [1.29, 1.82) is 0 Å². The lowest BCUT2D eigenvalue weighted by atomic mass is 10.1. The van der Waals surface area contributed by atoms with E-state index in [1.165, 1.54) is 11.1 Å². The highest BCUT2D eigenvalue weighted by Crippen LogP contribution is 2.16. The molecule has 2 N–H and O–H groups in total. The maximum Gasteiger partial charge on any atom is 0.255 e. The van der Waals surface area contributed by atoms with Gasteiger partial charge >= 0.3 is 0 Å². The molecule has 0 radical (unpaired) electrons. The Balaban J connectivity index is 1.66. The normalized spacial score (nSPS) is 10.4. The van der Waals surface area contributed by atoms with Crippen LogP contribution in [0.15, 0.2) is 66.7 Å². The van der Waals surface area contributed by atoms with E-state index in [2.05, 4.69) is 10.6 Å². The molecule has 0 bridgehead atoms. The van der Waals surface area contributed by atoms with Crippen LogP contribution < -0.4 is 10.6 Å². The van der Waals surface area contributed by atoms with Gasteiger partial charge in [0.2, 0.25) is 0 Å². The molecular weight excluding hydrogens is 348 g/mol. The van der Waals surface area contributed by atoms with Crippen LogP contribution in [0.5, 0.6) is 0 Å². The van der Waals surface area contributed by atoms with Gasteiger partial charge in [-0.3, -0.25) is 9.59 Å². The summed E-state index contributed by atoms with van der Waals surface area (Å²) in [5.74, 6) is -0.446. The summed E-state index contributed by atoms with van der Waals surface area (Å²) in [6.07, 6.45) is 0. The first-order valence-electron chi connectivity index (χ1n) is 9.25. The molecule has 3 aromatic carbocycles. The van der Waals surface area contributed by atoms with Gasteiger partial charge in [-0.25, -0.2) is 0 Å². The topological polar surface area (TPSA) is 58.2 Å². The fourth-order valence-corrected chi connectivity index (χ4v) is 2.81.